The number of carbonyl (C=O) groups excluding carboxylic acids is 1. The Morgan fingerprint density at radius 2 is 1.36 bits per heavy atom. The second kappa shape index (κ2) is 29.5. The molecule has 0 fully saturated rings. The molecule has 1 amide bonds. The summed E-state index contributed by atoms with van der Waals surface area (Å²) in [7, 11) is -2.71. The number of nitrogens with zero attached hydrogens (tertiary/aromatic N) is 3. The predicted molar refractivity (Wildman–Crippen MR) is 159 cm³/mol. The van der Waals surface area contributed by atoms with Gasteiger partial charge in [0.25, 0.3) is 0 Å². The van der Waals surface area contributed by atoms with Gasteiger partial charge in [0.2, 0.25) is 5.91 Å². The van der Waals surface area contributed by atoms with Gasteiger partial charge in [-0.3, -0.25) is 4.79 Å². The maximum atomic E-state index is 11.7. The van der Waals surface area contributed by atoms with E-state index in [4.69, 9.17) is 18.9 Å². The standard InChI is InChI=1S/C29H55N4O8P/c1-2-3-4-9-12-16-30-29(34)15-19-37-21-23-39-25-26-40-24-22-38-20-17-33-27-28(31-32-33)14-11-8-6-5-7-10-13-18-41-42(35)36/h27H,2-26H2,1H3,(H,30,34). The van der Waals surface area contributed by atoms with E-state index >= 15 is 0 Å². The SMILES string of the molecule is CCCCCCCNC(=O)CCOCCOCCOCCOCCn1cc(CCCCCCCCCO[P+](=O)[O-])nn1. The van der Waals surface area contributed by atoms with E-state index < -0.39 is 8.25 Å². The Hall–Kier alpha value is -1.53. The molecule has 0 radical (unpaired) electrons. The lowest BCUT2D eigenvalue weighted by molar-refractivity contribution is -0.185. The topological polar surface area (TPSA) is 146 Å². The van der Waals surface area contributed by atoms with Gasteiger partial charge in [-0.05, 0) is 30.2 Å². The van der Waals surface area contributed by atoms with Gasteiger partial charge in [0.15, 0.2) is 0 Å². The molecule has 0 aliphatic carbocycles. The molecule has 0 saturated heterocycles. The third-order valence-corrected chi connectivity index (χ3v) is 6.91. The van der Waals surface area contributed by atoms with E-state index in [1.54, 1.807) is 0 Å². The summed E-state index contributed by atoms with van der Waals surface area (Å²) in [6.07, 6.45) is 16.7. The summed E-state index contributed by atoms with van der Waals surface area (Å²) in [5, 5.41) is 11.3. The van der Waals surface area contributed by atoms with Crippen molar-refractivity contribution in [1.82, 2.24) is 20.3 Å². The molecule has 0 aromatic carbocycles. The van der Waals surface area contributed by atoms with Crippen LogP contribution in [0, 0.1) is 0 Å². The van der Waals surface area contributed by atoms with Crippen LogP contribution in [0.25, 0.3) is 0 Å². The van der Waals surface area contributed by atoms with Crippen molar-refractivity contribution in [1.29, 1.82) is 0 Å². The number of amides is 1. The molecule has 0 saturated carbocycles. The highest BCUT2D eigenvalue weighted by molar-refractivity contribution is 7.30. The number of carbonyl (C=O) groups is 1. The molecule has 12 nitrogen and oxygen atoms in total. The molecule has 1 rings (SSSR count). The fourth-order valence-corrected chi connectivity index (χ4v) is 4.40. The second-order valence-electron chi connectivity index (χ2n) is 10.2. The highest BCUT2D eigenvalue weighted by Crippen LogP contribution is 2.13. The Labute approximate surface area is 253 Å². The van der Waals surface area contributed by atoms with Crippen molar-refractivity contribution in [2.24, 2.45) is 0 Å². The monoisotopic (exact) mass is 618 g/mol. The van der Waals surface area contributed by atoms with Gasteiger partial charge in [-0.2, -0.15) is 0 Å². The molecule has 1 aromatic heterocycles. The first kappa shape index (κ1) is 38.5. The van der Waals surface area contributed by atoms with Crippen molar-refractivity contribution in [3.05, 3.63) is 11.9 Å². The third kappa shape index (κ3) is 26.1. The van der Waals surface area contributed by atoms with Gasteiger partial charge in [0.05, 0.1) is 65.1 Å². The Morgan fingerprint density at radius 1 is 0.786 bits per heavy atom. The molecule has 0 aliphatic heterocycles. The lowest BCUT2D eigenvalue weighted by Crippen LogP contribution is -2.25. The van der Waals surface area contributed by atoms with Crippen molar-refractivity contribution in [2.45, 2.75) is 103 Å². The summed E-state index contributed by atoms with van der Waals surface area (Å²) < 4.78 is 38.7. The minimum absolute atomic E-state index is 0.0445. The molecule has 1 heterocycles. The van der Waals surface area contributed by atoms with E-state index in [1.165, 1.54) is 32.1 Å². The molecule has 1 N–H and O–H groups in total. The molecule has 13 heteroatoms. The maximum absolute atomic E-state index is 11.7. The molecular formula is C29H55N4O8P. The van der Waals surface area contributed by atoms with Crippen LogP contribution in [0.4, 0.5) is 0 Å². The smallest absolute Gasteiger partial charge is 0.488 e. The number of ether oxygens (including phenoxy) is 4. The van der Waals surface area contributed by atoms with Crippen LogP contribution in [0.3, 0.4) is 0 Å². The van der Waals surface area contributed by atoms with Gasteiger partial charge in [0, 0.05) is 19.2 Å². The van der Waals surface area contributed by atoms with Crippen molar-refractivity contribution < 1.29 is 37.7 Å². The number of hydrogen-bond acceptors (Lipinski definition) is 10. The second-order valence-corrected chi connectivity index (χ2v) is 10.9. The summed E-state index contributed by atoms with van der Waals surface area (Å²) in [6.45, 7) is 7.80. The van der Waals surface area contributed by atoms with Crippen LogP contribution in [0.5, 0.6) is 0 Å². The van der Waals surface area contributed by atoms with Gasteiger partial charge in [-0.1, -0.05) is 69.9 Å². The zero-order chi connectivity index (χ0) is 30.4. The van der Waals surface area contributed by atoms with E-state index in [1.807, 2.05) is 10.9 Å². The third-order valence-electron chi connectivity index (χ3n) is 6.52. The molecular weight excluding hydrogens is 563 g/mol. The lowest BCUT2D eigenvalue weighted by atomic mass is 10.1. The first-order chi connectivity index (χ1) is 20.6. The van der Waals surface area contributed by atoms with Crippen LogP contribution in [-0.4, -0.2) is 86.9 Å². The maximum Gasteiger partial charge on any atom is 0.488 e. The van der Waals surface area contributed by atoms with Crippen molar-refractivity contribution in [2.75, 3.05) is 66.0 Å². The van der Waals surface area contributed by atoms with Gasteiger partial charge >= 0.3 is 8.25 Å². The van der Waals surface area contributed by atoms with Gasteiger partial charge < -0.3 is 29.2 Å². The molecule has 0 aliphatic rings. The first-order valence-electron chi connectivity index (χ1n) is 15.9. The summed E-state index contributed by atoms with van der Waals surface area (Å²) in [5.74, 6) is 0.0445. The number of aryl methyl sites for hydroxylation is 1. The van der Waals surface area contributed by atoms with Crippen LogP contribution < -0.4 is 10.2 Å². The van der Waals surface area contributed by atoms with Crippen molar-refractivity contribution in [3.63, 3.8) is 0 Å². The summed E-state index contributed by atoms with van der Waals surface area (Å²) in [5.41, 5.74) is 1.00. The Kier molecular flexibility index (Phi) is 27.1. The highest BCUT2D eigenvalue weighted by Gasteiger charge is 2.03. The number of unbranched alkanes of at least 4 members (excludes halogenated alkanes) is 10. The molecule has 0 bridgehead atoms. The molecule has 244 valence electrons. The summed E-state index contributed by atoms with van der Waals surface area (Å²) >= 11 is 0. The molecule has 42 heavy (non-hydrogen) atoms. The van der Waals surface area contributed by atoms with Crippen molar-refractivity contribution in [3.8, 4) is 0 Å². The van der Waals surface area contributed by atoms with E-state index in [2.05, 4.69) is 27.1 Å². The number of nitrogens with one attached hydrogen (secondary N) is 1. The van der Waals surface area contributed by atoms with Crippen LogP contribution in [0.1, 0.15) is 96.1 Å². The number of rotatable bonds is 32. The summed E-state index contributed by atoms with van der Waals surface area (Å²) in [6, 6.07) is 0. The Bertz CT molecular complexity index is 772. The van der Waals surface area contributed by atoms with E-state index in [9.17, 15) is 14.3 Å². The fourth-order valence-electron chi connectivity index (χ4n) is 4.12. The fraction of sp³-hybridized carbons (Fsp3) is 0.897. The largest absolute Gasteiger partial charge is 0.566 e. The van der Waals surface area contributed by atoms with Gasteiger partial charge in [-0.15, -0.1) is 9.62 Å². The zero-order valence-corrected chi connectivity index (χ0v) is 26.7. The predicted octanol–water partition coefficient (Wildman–Crippen LogP) is 4.13. The number of aromatic nitrogens is 3. The highest BCUT2D eigenvalue weighted by atomic mass is 31.1. The minimum atomic E-state index is -2.71. The Balaban J connectivity index is 1.80. The normalized spacial score (nSPS) is 11.7. The van der Waals surface area contributed by atoms with E-state index in [0.29, 0.717) is 72.4 Å². The van der Waals surface area contributed by atoms with E-state index in [0.717, 1.165) is 63.6 Å². The number of hydrogen-bond donors (Lipinski definition) is 1. The molecule has 0 spiro atoms. The zero-order valence-electron chi connectivity index (χ0n) is 25.8. The van der Waals surface area contributed by atoms with Crippen molar-refractivity contribution >= 4 is 14.2 Å². The van der Waals surface area contributed by atoms with Crippen LogP contribution >= 0.6 is 8.25 Å². The molecule has 1 aromatic rings. The average molecular weight is 619 g/mol. The lowest BCUT2D eigenvalue weighted by Gasteiger charge is -2.08. The Morgan fingerprint density at radius 3 is 2.02 bits per heavy atom. The first-order valence-corrected chi connectivity index (χ1v) is 16.9. The van der Waals surface area contributed by atoms with Gasteiger partial charge in [-0.25, -0.2) is 4.68 Å². The quantitative estimate of drug-likeness (QED) is 0.0924. The molecule has 1 unspecified atom stereocenters. The van der Waals surface area contributed by atoms with Crippen LogP contribution in [-0.2, 0) is 45.8 Å². The minimum Gasteiger partial charge on any atom is -0.566 e. The summed E-state index contributed by atoms with van der Waals surface area (Å²) in [4.78, 5) is 22.0. The van der Waals surface area contributed by atoms with Crippen LogP contribution in [0.2, 0.25) is 0 Å². The van der Waals surface area contributed by atoms with Gasteiger partial charge in [0.1, 0.15) is 6.61 Å². The van der Waals surface area contributed by atoms with Crippen LogP contribution in [0.15, 0.2) is 6.20 Å². The van der Waals surface area contributed by atoms with E-state index in [-0.39, 0.29) is 5.91 Å². The average Bonchev–Trinajstić information content (AvgIpc) is 3.43. The molecule has 1 atom stereocenters.